The fraction of sp³-hybridized carbons (Fsp3) is 0.0909. The summed E-state index contributed by atoms with van der Waals surface area (Å²) in [5, 5.41) is 14.7. The highest BCUT2D eigenvalue weighted by Gasteiger charge is 2.10. The van der Waals surface area contributed by atoms with E-state index in [0.717, 1.165) is 16.8 Å². The summed E-state index contributed by atoms with van der Waals surface area (Å²) in [6.07, 6.45) is 1.19. The summed E-state index contributed by atoms with van der Waals surface area (Å²) in [7, 11) is 0. The van der Waals surface area contributed by atoms with Crippen molar-refractivity contribution in [2.24, 2.45) is 0 Å². The summed E-state index contributed by atoms with van der Waals surface area (Å²) < 4.78 is 13.8. The van der Waals surface area contributed by atoms with Gasteiger partial charge in [-0.05, 0) is 24.3 Å². The zero-order valence-corrected chi connectivity index (χ0v) is 9.58. The number of hydrogen-bond acceptors (Lipinski definition) is 4. The van der Waals surface area contributed by atoms with E-state index in [0.29, 0.717) is 0 Å². The summed E-state index contributed by atoms with van der Waals surface area (Å²) >= 11 is 0. The lowest BCUT2D eigenvalue weighted by atomic mass is 10.2. The molecule has 8 heteroatoms. The minimum Gasteiger partial charge on any atom is -0.480 e. The van der Waals surface area contributed by atoms with Crippen molar-refractivity contribution in [3.05, 3.63) is 42.0 Å². The van der Waals surface area contributed by atoms with Gasteiger partial charge in [-0.3, -0.25) is 14.9 Å². The van der Waals surface area contributed by atoms with E-state index in [2.05, 4.69) is 15.4 Å². The molecule has 7 nitrogen and oxygen atoms in total. The molecule has 0 aliphatic rings. The molecule has 1 amide bonds. The van der Waals surface area contributed by atoms with E-state index in [9.17, 15) is 14.0 Å². The molecule has 0 bridgehead atoms. The lowest BCUT2D eigenvalue weighted by molar-refractivity contribution is -0.137. The fourth-order valence-electron chi connectivity index (χ4n) is 1.34. The van der Waals surface area contributed by atoms with Crippen LogP contribution in [0.15, 0.2) is 30.6 Å². The minimum absolute atomic E-state index is 0.0180. The first-order valence-corrected chi connectivity index (χ1v) is 5.23. The molecular weight excluding hydrogens is 255 g/mol. The molecule has 0 aliphatic heterocycles. The Kier molecular flexibility index (Phi) is 3.51. The number of nitrogens with zero attached hydrogens (tertiary/aromatic N) is 3. The zero-order chi connectivity index (χ0) is 13.8. The van der Waals surface area contributed by atoms with E-state index < -0.39 is 17.7 Å². The Labute approximate surface area is 106 Å². The Bertz CT molecular complexity index is 609. The summed E-state index contributed by atoms with van der Waals surface area (Å²) in [6.45, 7) is -0.348. The second-order valence-corrected chi connectivity index (χ2v) is 3.62. The van der Waals surface area contributed by atoms with Crippen LogP contribution in [0.1, 0.15) is 10.4 Å². The topological polar surface area (TPSA) is 97.1 Å². The molecule has 0 radical (unpaired) electrons. The predicted octanol–water partition coefficient (Wildman–Crippen LogP) is 0.754. The number of carboxylic acid groups (broad SMARTS) is 1. The molecule has 2 aromatic rings. The van der Waals surface area contributed by atoms with Gasteiger partial charge in [-0.2, -0.15) is 0 Å². The third-order valence-corrected chi connectivity index (χ3v) is 2.17. The molecule has 0 unspecified atom stereocenters. The molecule has 1 aromatic heterocycles. The van der Waals surface area contributed by atoms with E-state index in [1.54, 1.807) is 0 Å². The normalized spacial score (nSPS) is 10.2. The number of amides is 1. The van der Waals surface area contributed by atoms with Crippen molar-refractivity contribution in [3.63, 3.8) is 0 Å². The van der Waals surface area contributed by atoms with Crippen molar-refractivity contribution in [2.45, 2.75) is 6.54 Å². The Balaban J connectivity index is 2.04. The average molecular weight is 264 g/mol. The molecule has 0 saturated heterocycles. The van der Waals surface area contributed by atoms with Gasteiger partial charge in [0.15, 0.2) is 0 Å². The molecular formula is C11H9FN4O3. The average Bonchev–Trinajstić information content (AvgIpc) is 2.76. The number of halogens is 1. The van der Waals surface area contributed by atoms with E-state index in [4.69, 9.17) is 5.11 Å². The third kappa shape index (κ3) is 3.35. The van der Waals surface area contributed by atoms with Gasteiger partial charge in [-0.25, -0.2) is 14.1 Å². The van der Waals surface area contributed by atoms with Crippen LogP contribution in [-0.2, 0) is 11.3 Å². The zero-order valence-electron chi connectivity index (χ0n) is 9.58. The number of benzene rings is 1. The highest BCUT2D eigenvalue weighted by Crippen LogP contribution is 2.05. The lowest BCUT2D eigenvalue weighted by Crippen LogP contribution is -2.14. The molecule has 0 spiro atoms. The van der Waals surface area contributed by atoms with Gasteiger partial charge in [0, 0.05) is 5.56 Å². The van der Waals surface area contributed by atoms with Gasteiger partial charge in [0.25, 0.3) is 5.91 Å². The maximum Gasteiger partial charge on any atom is 0.325 e. The van der Waals surface area contributed by atoms with Gasteiger partial charge in [0.05, 0.1) is 0 Å². The standard InChI is InChI=1S/C11H9FN4O3/c12-8-3-1-7(2-4-8)10(19)14-11-13-6-16(15-11)5-9(17)18/h1-4,6H,5H2,(H,17,18)(H,14,15,19). The number of carboxylic acids is 1. The van der Waals surface area contributed by atoms with Gasteiger partial charge in [0.1, 0.15) is 18.7 Å². The molecule has 0 atom stereocenters. The quantitative estimate of drug-likeness (QED) is 0.849. The summed E-state index contributed by atoms with van der Waals surface area (Å²) in [5.74, 6) is -2.04. The van der Waals surface area contributed by atoms with Crippen LogP contribution in [0.3, 0.4) is 0 Å². The highest BCUT2D eigenvalue weighted by molar-refractivity contribution is 6.03. The van der Waals surface area contributed by atoms with E-state index >= 15 is 0 Å². The summed E-state index contributed by atoms with van der Waals surface area (Å²) in [5.41, 5.74) is 0.246. The van der Waals surface area contributed by atoms with E-state index in [1.807, 2.05) is 0 Å². The van der Waals surface area contributed by atoms with Crippen LogP contribution in [-0.4, -0.2) is 31.7 Å². The van der Waals surface area contributed by atoms with E-state index in [-0.39, 0.29) is 18.1 Å². The smallest absolute Gasteiger partial charge is 0.325 e. The third-order valence-electron chi connectivity index (χ3n) is 2.17. The van der Waals surface area contributed by atoms with Crippen molar-refractivity contribution in [1.29, 1.82) is 0 Å². The molecule has 98 valence electrons. The van der Waals surface area contributed by atoms with Crippen LogP contribution in [0.4, 0.5) is 10.3 Å². The van der Waals surface area contributed by atoms with Crippen LogP contribution in [0.2, 0.25) is 0 Å². The maximum absolute atomic E-state index is 12.7. The van der Waals surface area contributed by atoms with Gasteiger partial charge in [-0.15, -0.1) is 5.10 Å². The Morgan fingerprint density at radius 3 is 2.63 bits per heavy atom. The fourth-order valence-corrected chi connectivity index (χ4v) is 1.34. The number of aromatic nitrogens is 3. The predicted molar refractivity (Wildman–Crippen MR) is 62.0 cm³/mol. The van der Waals surface area contributed by atoms with Crippen LogP contribution in [0.25, 0.3) is 0 Å². The Morgan fingerprint density at radius 1 is 1.32 bits per heavy atom. The maximum atomic E-state index is 12.7. The monoisotopic (exact) mass is 264 g/mol. The number of anilines is 1. The minimum atomic E-state index is -1.07. The first-order chi connectivity index (χ1) is 9.04. The van der Waals surface area contributed by atoms with Crippen LogP contribution in [0.5, 0.6) is 0 Å². The SMILES string of the molecule is O=C(O)Cn1cnc(NC(=O)c2ccc(F)cc2)n1. The summed E-state index contributed by atoms with van der Waals surface area (Å²) in [4.78, 5) is 25.9. The number of carbonyl (C=O) groups is 2. The second-order valence-electron chi connectivity index (χ2n) is 3.62. The first-order valence-electron chi connectivity index (χ1n) is 5.23. The van der Waals surface area contributed by atoms with Crippen LogP contribution >= 0.6 is 0 Å². The molecule has 1 aromatic carbocycles. The van der Waals surface area contributed by atoms with Gasteiger partial charge < -0.3 is 5.11 Å². The first kappa shape index (κ1) is 12.7. The van der Waals surface area contributed by atoms with Crippen LogP contribution < -0.4 is 5.32 Å². The second kappa shape index (κ2) is 5.25. The van der Waals surface area contributed by atoms with Crippen molar-refractivity contribution in [1.82, 2.24) is 14.8 Å². The van der Waals surface area contributed by atoms with Gasteiger partial charge in [-0.1, -0.05) is 0 Å². The lowest BCUT2D eigenvalue weighted by Gasteiger charge is -2.00. The number of aliphatic carboxylic acids is 1. The van der Waals surface area contributed by atoms with Crippen molar-refractivity contribution >= 4 is 17.8 Å². The van der Waals surface area contributed by atoms with E-state index in [1.165, 1.54) is 18.5 Å². The molecule has 2 N–H and O–H groups in total. The highest BCUT2D eigenvalue weighted by atomic mass is 19.1. The van der Waals surface area contributed by atoms with Crippen molar-refractivity contribution in [2.75, 3.05) is 5.32 Å². The molecule has 19 heavy (non-hydrogen) atoms. The number of hydrogen-bond donors (Lipinski definition) is 2. The number of nitrogens with one attached hydrogen (secondary N) is 1. The Hall–Kier alpha value is -2.77. The molecule has 0 saturated carbocycles. The Morgan fingerprint density at radius 2 is 2.00 bits per heavy atom. The number of rotatable bonds is 4. The van der Waals surface area contributed by atoms with Gasteiger partial charge >= 0.3 is 5.97 Å². The van der Waals surface area contributed by atoms with Gasteiger partial charge in [0.2, 0.25) is 5.95 Å². The van der Waals surface area contributed by atoms with Crippen molar-refractivity contribution < 1.29 is 19.1 Å². The molecule has 0 fully saturated rings. The number of carbonyl (C=O) groups excluding carboxylic acids is 1. The molecule has 1 heterocycles. The van der Waals surface area contributed by atoms with Crippen molar-refractivity contribution in [3.8, 4) is 0 Å². The molecule has 2 rings (SSSR count). The molecule has 0 aliphatic carbocycles. The van der Waals surface area contributed by atoms with Crippen LogP contribution in [0, 0.1) is 5.82 Å². The summed E-state index contributed by atoms with van der Waals surface area (Å²) in [6, 6.07) is 4.95. The largest absolute Gasteiger partial charge is 0.480 e.